The highest BCUT2D eigenvalue weighted by atomic mass is 16.5. The number of quaternary nitrogens is 1. The van der Waals surface area contributed by atoms with Gasteiger partial charge in [0.1, 0.15) is 12.6 Å². The molecule has 0 saturated carbocycles. The molecular formula is C21H43NO4. The Morgan fingerprint density at radius 1 is 0.962 bits per heavy atom. The van der Waals surface area contributed by atoms with Crippen LogP contribution < -0.4 is 5.11 Å². The summed E-state index contributed by atoms with van der Waals surface area (Å²) in [6.07, 6.45) is 12.1. The molecule has 0 bridgehead atoms. The summed E-state index contributed by atoms with van der Waals surface area (Å²) in [5, 5.41) is 20.9. The van der Waals surface area contributed by atoms with Crippen molar-refractivity contribution in [2.75, 3.05) is 34.3 Å². The Balaban J connectivity index is 3.70. The molecule has 2 atom stereocenters. The third-order valence-corrected chi connectivity index (χ3v) is 4.59. The first kappa shape index (κ1) is 25.4. The smallest absolute Gasteiger partial charge is 0.112 e. The maximum Gasteiger partial charge on any atom is 0.112 e. The van der Waals surface area contributed by atoms with Crippen LogP contribution in [-0.2, 0) is 9.53 Å². The van der Waals surface area contributed by atoms with Gasteiger partial charge in [-0.15, -0.1) is 0 Å². The van der Waals surface area contributed by atoms with Gasteiger partial charge in [0.05, 0.1) is 27.2 Å². The van der Waals surface area contributed by atoms with E-state index < -0.39 is 5.97 Å². The number of carboxylic acids is 1. The minimum atomic E-state index is -1.08. The molecule has 0 fully saturated rings. The number of carbonyl (C=O) groups is 1. The fourth-order valence-corrected chi connectivity index (χ4v) is 3.18. The van der Waals surface area contributed by atoms with E-state index in [1.54, 1.807) is 0 Å². The van der Waals surface area contributed by atoms with Gasteiger partial charge >= 0.3 is 0 Å². The number of aliphatic hydroxyl groups is 1. The van der Waals surface area contributed by atoms with Crippen LogP contribution in [0.3, 0.4) is 0 Å². The average molecular weight is 374 g/mol. The van der Waals surface area contributed by atoms with Gasteiger partial charge in [0, 0.05) is 19.0 Å². The van der Waals surface area contributed by atoms with Crippen molar-refractivity contribution < 1.29 is 24.2 Å². The van der Waals surface area contributed by atoms with E-state index in [1.165, 1.54) is 51.4 Å². The summed E-state index contributed by atoms with van der Waals surface area (Å²) in [4.78, 5) is 10.8. The quantitative estimate of drug-likeness (QED) is 0.296. The standard InChI is InChI=1S/C21H43NO4/c1-5-6-7-8-9-10-11-12-13-14-19(23)15-16-26-20(17-21(24)25)18-22(2,3)4/h19-20,23H,5-18H2,1-4H3. The van der Waals surface area contributed by atoms with Crippen LogP contribution in [-0.4, -0.2) is 62.1 Å². The van der Waals surface area contributed by atoms with Crippen LogP contribution in [0.4, 0.5) is 0 Å². The third kappa shape index (κ3) is 18.2. The summed E-state index contributed by atoms with van der Waals surface area (Å²) in [5.41, 5.74) is 0. The lowest BCUT2D eigenvalue weighted by atomic mass is 10.0. The number of carboxylic acid groups (broad SMARTS) is 1. The molecule has 0 aromatic carbocycles. The summed E-state index contributed by atoms with van der Waals surface area (Å²) in [7, 11) is 6.01. The molecule has 0 spiro atoms. The SMILES string of the molecule is CCCCCCCCCCCC(O)CCOC(CC(=O)[O-])C[N+](C)(C)C. The summed E-state index contributed by atoms with van der Waals surface area (Å²) < 4.78 is 6.33. The first-order valence-electron chi connectivity index (χ1n) is 10.5. The predicted molar refractivity (Wildman–Crippen MR) is 105 cm³/mol. The third-order valence-electron chi connectivity index (χ3n) is 4.59. The van der Waals surface area contributed by atoms with Crippen molar-refractivity contribution in [3.05, 3.63) is 0 Å². The van der Waals surface area contributed by atoms with Gasteiger partial charge in [-0.2, -0.15) is 0 Å². The molecule has 0 rings (SSSR count). The zero-order chi connectivity index (χ0) is 19.8. The van der Waals surface area contributed by atoms with Crippen LogP contribution in [0.25, 0.3) is 0 Å². The Labute approximate surface area is 161 Å². The number of hydrogen-bond donors (Lipinski definition) is 1. The molecule has 0 saturated heterocycles. The lowest BCUT2D eigenvalue weighted by Gasteiger charge is -2.29. The molecule has 5 nitrogen and oxygen atoms in total. The van der Waals surface area contributed by atoms with Gasteiger partial charge in [-0.25, -0.2) is 0 Å². The maximum absolute atomic E-state index is 10.8. The number of aliphatic hydroxyl groups excluding tert-OH is 1. The van der Waals surface area contributed by atoms with Crippen LogP contribution in [0.5, 0.6) is 0 Å². The molecule has 0 aliphatic heterocycles. The molecule has 26 heavy (non-hydrogen) atoms. The van der Waals surface area contributed by atoms with Crippen molar-refractivity contribution in [2.24, 2.45) is 0 Å². The molecule has 2 unspecified atom stereocenters. The Hall–Kier alpha value is -0.650. The van der Waals surface area contributed by atoms with Crippen LogP contribution in [0.2, 0.25) is 0 Å². The molecular weight excluding hydrogens is 330 g/mol. The highest BCUT2D eigenvalue weighted by Gasteiger charge is 2.19. The topological polar surface area (TPSA) is 69.6 Å². The highest BCUT2D eigenvalue weighted by molar-refractivity contribution is 5.64. The predicted octanol–water partition coefficient (Wildman–Crippen LogP) is 2.89. The number of likely N-dealkylation sites (N-methyl/N-ethyl adjacent to an activating group) is 1. The summed E-state index contributed by atoms with van der Waals surface area (Å²) in [6, 6.07) is 0. The van der Waals surface area contributed by atoms with E-state index in [0.717, 1.165) is 12.8 Å². The lowest BCUT2D eigenvalue weighted by Crippen LogP contribution is -2.44. The number of aliphatic carboxylic acids is 1. The van der Waals surface area contributed by atoms with Crippen molar-refractivity contribution in [1.29, 1.82) is 0 Å². The number of hydrogen-bond acceptors (Lipinski definition) is 4. The minimum absolute atomic E-state index is 0.0934. The molecule has 1 N–H and O–H groups in total. The average Bonchev–Trinajstić information content (AvgIpc) is 2.51. The van der Waals surface area contributed by atoms with Crippen molar-refractivity contribution in [1.82, 2.24) is 0 Å². The van der Waals surface area contributed by atoms with Crippen molar-refractivity contribution in [3.8, 4) is 0 Å². The lowest BCUT2D eigenvalue weighted by molar-refractivity contribution is -0.873. The number of unbranched alkanes of at least 4 members (excludes halogenated alkanes) is 8. The fraction of sp³-hybridized carbons (Fsp3) is 0.952. The van der Waals surface area contributed by atoms with Gasteiger partial charge in [0.25, 0.3) is 0 Å². The van der Waals surface area contributed by atoms with Crippen molar-refractivity contribution >= 4 is 5.97 Å². The van der Waals surface area contributed by atoms with Crippen LogP contribution >= 0.6 is 0 Å². The molecule has 0 aliphatic rings. The zero-order valence-corrected chi connectivity index (χ0v) is 17.7. The van der Waals surface area contributed by atoms with E-state index in [2.05, 4.69) is 6.92 Å². The second-order valence-corrected chi connectivity index (χ2v) is 8.60. The first-order chi connectivity index (χ1) is 12.2. The summed E-state index contributed by atoms with van der Waals surface area (Å²) >= 11 is 0. The van der Waals surface area contributed by atoms with Gasteiger partial charge in [-0.1, -0.05) is 64.7 Å². The Kier molecular flexibility index (Phi) is 15.0. The fourth-order valence-electron chi connectivity index (χ4n) is 3.18. The van der Waals surface area contributed by atoms with Gasteiger partial charge in [0.2, 0.25) is 0 Å². The summed E-state index contributed by atoms with van der Waals surface area (Å²) in [5.74, 6) is -1.08. The molecule has 0 radical (unpaired) electrons. The second kappa shape index (κ2) is 15.4. The number of nitrogens with zero attached hydrogens (tertiary/aromatic N) is 1. The van der Waals surface area contributed by atoms with Crippen molar-refractivity contribution in [2.45, 2.75) is 96.2 Å². The van der Waals surface area contributed by atoms with Gasteiger partial charge in [-0.05, 0) is 12.8 Å². The number of carbonyl (C=O) groups excluding carboxylic acids is 1. The Morgan fingerprint density at radius 2 is 1.50 bits per heavy atom. The molecule has 156 valence electrons. The zero-order valence-electron chi connectivity index (χ0n) is 17.7. The molecule has 0 aliphatic carbocycles. The maximum atomic E-state index is 10.8. The van der Waals surface area contributed by atoms with Crippen molar-refractivity contribution in [3.63, 3.8) is 0 Å². The summed E-state index contributed by atoms with van der Waals surface area (Å²) in [6.45, 7) is 3.25. The van der Waals surface area contributed by atoms with E-state index >= 15 is 0 Å². The number of rotatable bonds is 18. The van der Waals surface area contributed by atoms with Crippen LogP contribution in [0.15, 0.2) is 0 Å². The van der Waals surface area contributed by atoms with E-state index in [4.69, 9.17) is 4.74 Å². The van der Waals surface area contributed by atoms with E-state index in [-0.39, 0.29) is 18.6 Å². The second-order valence-electron chi connectivity index (χ2n) is 8.60. The van der Waals surface area contributed by atoms with Gasteiger partial charge < -0.3 is 24.2 Å². The molecule has 0 aromatic rings. The van der Waals surface area contributed by atoms with E-state index in [1.807, 2.05) is 21.1 Å². The highest BCUT2D eigenvalue weighted by Crippen LogP contribution is 2.13. The Bertz CT molecular complexity index is 341. The minimum Gasteiger partial charge on any atom is -0.550 e. The molecule has 0 heterocycles. The van der Waals surface area contributed by atoms with Gasteiger partial charge in [-0.3, -0.25) is 0 Å². The molecule has 0 amide bonds. The van der Waals surface area contributed by atoms with Crippen LogP contribution in [0.1, 0.15) is 84.0 Å². The van der Waals surface area contributed by atoms with E-state index in [0.29, 0.717) is 24.1 Å². The van der Waals surface area contributed by atoms with E-state index in [9.17, 15) is 15.0 Å². The Morgan fingerprint density at radius 3 is 2.00 bits per heavy atom. The molecule has 0 aromatic heterocycles. The number of ether oxygens (including phenoxy) is 1. The van der Waals surface area contributed by atoms with Crippen LogP contribution in [0, 0.1) is 0 Å². The van der Waals surface area contributed by atoms with Gasteiger partial charge in [0.15, 0.2) is 0 Å². The molecule has 5 heteroatoms. The normalized spacial score (nSPS) is 14.3. The largest absolute Gasteiger partial charge is 0.550 e. The monoisotopic (exact) mass is 373 g/mol. The first-order valence-corrected chi connectivity index (χ1v) is 10.5.